The molecule has 0 spiro atoms. The third kappa shape index (κ3) is 9.08. The maximum absolute atomic E-state index is 13.3. The number of carbonyl (C=O) groups is 3. The molecule has 312 valence electrons. The zero-order valence-corrected chi connectivity index (χ0v) is 33.4. The van der Waals surface area contributed by atoms with Crippen molar-refractivity contribution in [2.24, 2.45) is 17.2 Å². The van der Waals surface area contributed by atoms with Gasteiger partial charge in [-0.2, -0.15) is 0 Å². The first-order valence-corrected chi connectivity index (χ1v) is 20.9. The summed E-state index contributed by atoms with van der Waals surface area (Å²) in [5.74, 6) is 0.619. The lowest BCUT2D eigenvalue weighted by Crippen LogP contribution is -2.53. The lowest BCUT2D eigenvalue weighted by Gasteiger charge is -2.44. The number of anilines is 3. The number of para-hydroxylation sites is 1. The van der Waals surface area contributed by atoms with Crippen molar-refractivity contribution in [3.8, 4) is 11.5 Å². The minimum atomic E-state index is -0.426. The highest BCUT2D eigenvalue weighted by molar-refractivity contribution is 6.01. The summed E-state index contributed by atoms with van der Waals surface area (Å²) in [6.45, 7) is 4.37. The number of piperazine rings is 1. The quantitative estimate of drug-likeness (QED) is 0.116. The molecule has 15 heteroatoms. The second-order valence-corrected chi connectivity index (χ2v) is 16.4. The number of rotatable bonds is 10. The zero-order valence-electron chi connectivity index (χ0n) is 33.4. The van der Waals surface area contributed by atoms with E-state index >= 15 is 0 Å². The molecule has 3 aromatic carbocycles. The van der Waals surface area contributed by atoms with Crippen LogP contribution in [0.5, 0.6) is 11.5 Å². The van der Waals surface area contributed by atoms with Crippen LogP contribution in [0, 0.1) is 0 Å². The van der Waals surface area contributed by atoms with Gasteiger partial charge in [-0.05, 0) is 80.6 Å². The molecule has 0 aliphatic carbocycles. The summed E-state index contributed by atoms with van der Waals surface area (Å²) in [6.07, 6.45) is 7.89. The number of hydrogen-bond acceptors (Lipinski definition) is 12. The summed E-state index contributed by atoms with van der Waals surface area (Å²) in [6, 6.07) is 23.5. The Kier molecular flexibility index (Phi) is 11.6. The predicted octanol–water partition coefficient (Wildman–Crippen LogP) is 3.57. The smallest absolute Gasteiger partial charge is 0.317 e. The molecule has 10 N–H and O–H groups in total. The fourth-order valence-electron chi connectivity index (χ4n) is 9.28. The van der Waals surface area contributed by atoms with E-state index in [-0.39, 0.29) is 53.6 Å². The van der Waals surface area contributed by atoms with Crippen LogP contribution in [0.4, 0.5) is 21.9 Å². The fraction of sp³-hybridized carbons (Fsp3) is 0.432. The standard InChI is InChI=1S/C44H56N10O5/c45-37(36-9-1-2-10-40(36)55)25-39(42(46)47)53-26-32-11-12-33(27-53)54(32)31-7-4-8-35(24-31)59-34-17-21-52(22-18-34)44(58)49-28-15-19-51(20-16-28)30-6-3-5-29(23-30)48-38-13-14-41(56)50-43(38)57/h1-10,23-25,28,32-34,38,48,55H,11-22,26-27,45-47H2,(H,49,58)(H,50,56,57)/b37-25-. The number of nitrogens with zero attached hydrogens (tertiary/aromatic N) is 4. The number of carbonyl (C=O) groups excluding carboxylic acids is 3. The van der Waals surface area contributed by atoms with Gasteiger partial charge in [-0.15, -0.1) is 0 Å². The molecule has 3 atom stereocenters. The number of nitrogens with one attached hydrogen (secondary N) is 3. The monoisotopic (exact) mass is 804 g/mol. The molecule has 3 unspecified atom stereocenters. The second-order valence-electron chi connectivity index (χ2n) is 16.4. The minimum absolute atomic E-state index is 0.0141. The maximum Gasteiger partial charge on any atom is 0.317 e. The molecule has 4 amide bonds. The number of imide groups is 1. The first-order valence-electron chi connectivity index (χ1n) is 20.9. The van der Waals surface area contributed by atoms with Crippen LogP contribution in [0.15, 0.2) is 90.4 Å². The average molecular weight is 805 g/mol. The van der Waals surface area contributed by atoms with Gasteiger partial charge < -0.3 is 57.3 Å². The molecule has 0 saturated carbocycles. The molecule has 5 saturated heterocycles. The summed E-state index contributed by atoms with van der Waals surface area (Å²) >= 11 is 0. The topological polar surface area (TPSA) is 208 Å². The Hall–Kier alpha value is -6.25. The van der Waals surface area contributed by atoms with Crippen molar-refractivity contribution in [2.45, 2.75) is 81.6 Å². The summed E-state index contributed by atoms with van der Waals surface area (Å²) in [7, 11) is 0. The van der Waals surface area contributed by atoms with E-state index in [1.54, 1.807) is 24.3 Å². The first-order chi connectivity index (χ1) is 28.6. The van der Waals surface area contributed by atoms with Crippen LogP contribution >= 0.6 is 0 Å². The molecule has 0 aromatic heterocycles. The predicted molar refractivity (Wildman–Crippen MR) is 228 cm³/mol. The lowest BCUT2D eigenvalue weighted by molar-refractivity contribution is -0.133. The highest BCUT2D eigenvalue weighted by Crippen LogP contribution is 2.38. The Balaban J connectivity index is 0.793. The number of fused-ring (bicyclic) bond motifs is 2. The SMILES string of the molecule is NC(N)=C(/C=C(\N)c1ccccc1O)N1CC2CCC(C1)N2c1cccc(OC2CCN(C(=O)NC3CCN(c4cccc(NC5CCC(=O)NC5=O)c4)CC3)CC2)c1. The third-order valence-corrected chi connectivity index (χ3v) is 12.4. The van der Waals surface area contributed by atoms with Crippen LogP contribution < -0.4 is 47.7 Å². The number of hydrogen-bond donors (Lipinski definition) is 7. The Morgan fingerprint density at radius 2 is 1.51 bits per heavy atom. The number of urea groups is 1. The largest absolute Gasteiger partial charge is 0.507 e. The number of amides is 4. The van der Waals surface area contributed by atoms with Crippen molar-refractivity contribution in [1.29, 1.82) is 0 Å². The molecule has 5 aliphatic heterocycles. The Labute approximate surface area is 345 Å². The summed E-state index contributed by atoms with van der Waals surface area (Å²) < 4.78 is 6.53. The molecule has 5 aliphatic rings. The zero-order chi connectivity index (χ0) is 41.0. The van der Waals surface area contributed by atoms with E-state index in [9.17, 15) is 19.5 Å². The maximum atomic E-state index is 13.3. The number of nitrogens with two attached hydrogens (primary N) is 3. The van der Waals surface area contributed by atoms with E-state index in [0.717, 1.165) is 87.5 Å². The van der Waals surface area contributed by atoms with Crippen molar-refractivity contribution in [3.63, 3.8) is 0 Å². The highest BCUT2D eigenvalue weighted by atomic mass is 16.5. The number of likely N-dealkylation sites (tertiary alicyclic amines) is 2. The van der Waals surface area contributed by atoms with Crippen molar-refractivity contribution < 1.29 is 24.2 Å². The number of phenolic OH excluding ortho intramolecular Hbond substituents is 1. The molecule has 8 rings (SSSR count). The summed E-state index contributed by atoms with van der Waals surface area (Å²) in [5.41, 5.74) is 23.5. The van der Waals surface area contributed by atoms with Gasteiger partial charge in [0.2, 0.25) is 11.8 Å². The van der Waals surface area contributed by atoms with Gasteiger partial charge in [-0.25, -0.2) is 4.79 Å². The fourth-order valence-corrected chi connectivity index (χ4v) is 9.28. The van der Waals surface area contributed by atoms with E-state index in [0.29, 0.717) is 42.9 Å². The average Bonchev–Trinajstić information content (AvgIpc) is 3.50. The van der Waals surface area contributed by atoms with Gasteiger partial charge >= 0.3 is 6.03 Å². The molecule has 2 bridgehead atoms. The molecule has 0 radical (unpaired) electrons. The lowest BCUT2D eigenvalue weighted by atomic mass is 10.0. The molecule has 59 heavy (non-hydrogen) atoms. The summed E-state index contributed by atoms with van der Waals surface area (Å²) in [5, 5.41) is 19.3. The van der Waals surface area contributed by atoms with Crippen LogP contribution in [0.25, 0.3) is 5.70 Å². The number of allylic oxidation sites excluding steroid dienone is 1. The second kappa shape index (κ2) is 17.3. The van der Waals surface area contributed by atoms with Gasteiger partial charge in [0, 0.05) is 111 Å². The van der Waals surface area contributed by atoms with Gasteiger partial charge in [-0.1, -0.05) is 24.3 Å². The molecular weight excluding hydrogens is 749 g/mol. The van der Waals surface area contributed by atoms with Crippen LogP contribution in [-0.4, -0.2) is 102 Å². The number of aromatic hydroxyl groups is 1. The van der Waals surface area contributed by atoms with Crippen molar-refractivity contribution in [3.05, 3.63) is 96.0 Å². The van der Waals surface area contributed by atoms with Gasteiger partial charge in [0.25, 0.3) is 0 Å². The molecule has 3 aromatic rings. The molecule has 15 nitrogen and oxygen atoms in total. The van der Waals surface area contributed by atoms with E-state index in [1.165, 1.54) is 0 Å². The van der Waals surface area contributed by atoms with E-state index in [1.807, 2.05) is 35.2 Å². The Bertz CT molecular complexity index is 2070. The normalized spacial score (nSPS) is 22.8. The van der Waals surface area contributed by atoms with Gasteiger partial charge in [0.1, 0.15) is 29.5 Å². The Morgan fingerprint density at radius 1 is 0.797 bits per heavy atom. The van der Waals surface area contributed by atoms with Gasteiger partial charge in [-0.3, -0.25) is 14.9 Å². The number of benzene rings is 3. The molecular formula is C44H56N10O5. The number of phenols is 1. The van der Waals surface area contributed by atoms with Crippen molar-refractivity contribution in [2.75, 3.05) is 54.4 Å². The first kappa shape index (κ1) is 39.6. The van der Waals surface area contributed by atoms with Crippen molar-refractivity contribution in [1.82, 2.24) is 20.4 Å². The number of piperidine rings is 3. The summed E-state index contributed by atoms with van der Waals surface area (Å²) in [4.78, 5) is 46.0. The Morgan fingerprint density at radius 3 is 2.22 bits per heavy atom. The van der Waals surface area contributed by atoms with Crippen molar-refractivity contribution >= 4 is 40.6 Å². The third-order valence-electron chi connectivity index (χ3n) is 12.4. The van der Waals surface area contributed by atoms with Gasteiger partial charge in [0.15, 0.2) is 0 Å². The number of ether oxygens (including phenoxy) is 1. The highest BCUT2D eigenvalue weighted by Gasteiger charge is 2.41. The van der Waals surface area contributed by atoms with Gasteiger partial charge in [0.05, 0.1) is 5.70 Å². The van der Waals surface area contributed by atoms with E-state index in [4.69, 9.17) is 21.9 Å². The van der Waals surface area contributed by atoms with E-state index in [2.05, 4.69) is 54.9 Å². The molecule has 5 heterocycles. The van der Waals surface area contributed by atoms with Crippen LogP contribution in [-0.2, 0) is 9.59 Å². The molecule has 5 fully saturated rings. The minimum Gasteiger partial charge on any atom is -0.507 e. The van der Waals surface area contributed by atoms with Crippen LogP contribution in [0.3, 0.4) is 0 Å². The van der Waals surface area contributed by atoms with Crippen LogP contribution in [0.2, 0.25) is 0 Å². The van der Waals surface area contributed by atoms with E-state index < -0.39 is 6.04 Å². The van der Waals surface area contributed by atoms with Crippen LogP contribution in [0.1, 0.15) is 56.9 Å².